The largest absolute Gasteiger partial charge is 0.338 e. The number of amides is 1. The second-order valence-corrected chi connectivity index (χ2v) is 5.67. The number of nitrogens with zero attached hydrogens (tertiary/aromatic N) is 6. The molecular formula is C16H16N6O. The normalized spacial score (nSPS) is 15.9. The van der Waals surface area contributed by atoms with E-state index in [1.165, 1.54) is 0 Å². The standard InChI is InChI=1S/C16H16N6O/c23-16(12-1-2-14-15(11-12)18-6-5-17-14)21-8-3-13(4-9-21)22-10-7-19-20-22/h1-2,5-7,10-11,13H,3-4,8-9H2. The molecule has 7 nitrogen and oxygen atoms in total. The molecule has 0 unspecified atom stereocenters. The predicted octanol–water partition coefficient (Wildman–Crippen LogP) is 1.70. The molecule has 0 bridgehead atoms. The molecule has 116 valence electrons. The van der Waals surface area contributed by atoms with E-state index in [0.717, 1.165) is 37.0 Å². The minimum atomic E-state index is 0.0505. The number of likely N-dealkylation sites (tertiary alicyclic amines) is 1. The smallest absolute Gasteiger partial charge is 0.253 e. The number of aromatic nitrogens is 5. The zero-order valence-electron chi connectivity index (χ0n) is 12.5. The van der Waals surface area contributed by atoms with Crippen molar-refractivity contribution in [3.8, 4) is 0 Å². The number of piperidine rings is 1. The van der Waals surface area contributed by atoms with Crippen molar-refractivity contribution in [3.05, 3.63) is 48.5 Å². The third-order valence-corrected chi connectivity index (χ3v) is 4.28. The number of benzene rings is 1. The van der Waals surface area contributed by atoms with Crippen LogP contribution in [0.1, 0.15) is 29.2 Å². The summed E-state index contributed by atoms with van der Waals surface area (Å²) in [5.41, 5.74) is 2.21. The summed E-state index contributed by atoms with van der Waals surface area (Å²) < 4.78 is 1.88. The van der Waals surface area contributed by atoms with E-state index in [4.69, 9.17) is 0 Å². The molecule has 1 amide bonds. The summed E-state index contributed by atoms with van der Waals surface area (Å²) in [7, 11) is 0. The third kappa shape index (κ3) is 2.65. The van der Waals surface area contributed by atoms with E-state index in [2.05, 4.69) is 20.3 Å². The van der Waals surface area contributed by atoms with Gasteiger partial charge in [0.15, 0.2) is 0 Å². The van der Waals surface area contributed by atoms with Crippen LogP contribution in [-0.2, 0) is 0 Å². The van der Waals surface area contributed by atoms with E-state index in [-0.39, 0.29) is 5.91 Å². The van der Waals surface area contributed by atoms with Gasteiger partial charge < -0.3 is 4.90 Å². The summed E-state index contributed by atoms with van der Waals surface area (Å²) in [5.74, 6) is 0.0505. The van der Waals surface area contributed by atoms with Crippen LogP contribution in [0.2, 0.25) is 0 Å². The maximum absolute atomic E-state index is 12.7. The lowest BCUT2D eigenvalue weighted by Crippen LogP contribution is -2.39. The molecule has 1 saturated heterocycles. The molecule has 0 aliphatic carbocycles. The predicted molar refractivity (Wildman–Crippen MR) is 83.7 cm³/mol. The molecule has 4 rings (SSSR count). The number of carbonyl (C=O) groups excluding carboxylic acids is 1. The molecule has 1 aliphatic heterocycles. The first kappa shape index (κ1) is 13.8. The van der Waals surface area contributed by atoms with Crippen LogP contribution in [-0.4, -0.2) is 48.9 Å². The van der Waals surface area contributed by atoms with Gasteiger partial charge in [0.05, 0.1) is 23.3 Å². The quantitative estimate of drug-likeness (QED) is 0.720. The van der Waals surface area contributed by atoms with E-state index in [1.54, 1.807) is 18.6 Å². The van der Waals surface area contributed by atoms with Crippen molar-refractivity contribution in [2.75, 3.05) is 13.1 Å². The molecule has 3 aromatic rings. The third-order valence-electron chi connectivity index (χ3n) is 4.28. The highest BCUT2D eigenvalue weighted by molar-refractivity contribution is 5.97. The summed E-state index contributed by atoms with van der Waals surface area (Å²) in [6, 6.07) is 5.80. The molecule has 0 N–H and O–H groups in total. The van der Waals surface area contributed by atoms with E-state index in [9.17, 15) is 4.79 Å². The Morgan fingerprint density at radius 1 is 1.04 bits per heavy atom. The lowest BCUT2D eigenvalue weighted by Gasteiger charge is -2.31. The zero-order valence-corrected chi connectivity index (χ0v) is 12.5. The highest BCUT2D eigenvalue weighted by Crippen LogP contribution is 2.23. The Morgan fingerprint density at radius 2 is 1.83 bits per heavy atom. The summed E-state index contributed by atoms with van der Waals surface area (Å²) in [6.45, 7) is 1.45. The summed E-state index contributed by atoms with van der Waals surface area (Å²) in [6.07, 6.45) is 8.64. The minimum absolute atomic E-state index is 0.0505. The van der Waals surface area contributed by atoms with Crippen molar-refractivity contribution in [1.82, 2.24) is 29.9 Å². The number of rotatable bonds is 2. The lowest BCUT2D eigenvalue weighted by molar-refractivity contribution is 0.0689. The van der Waals surface area contributed by atoms with Crippen molar-refractivity contribution in [3.63, 3.8) is 0 Å². The van der Waals surface area contributed by atoms with E-state index >= 15 is 0 Å². The molecule has 1 aliphatic rings. The van der Waals surface area contributed by atoms with Crippen molar-refractivity contribution in [1.29, 1.82) is 0 Å². The van der Waals surface area contributed by atoms with Crippen LogP contribution in [0.5, 0.6) is 0 Å². The fourth-order valence-electron chi connectivity index (χ4n) is 3.02. The molecule has 7 heteroatoms. The van der Waals surface area contributed by atoms with Gasteiger partial charge in [-0.25, -0.2) is 4.68 Å². The van der Waals surface area contributed by atoms with Crippen molar-refractivity contribution >= 4 is 16.9 Å². The van der Waals surface area contributed by atoms with Gasteiger partial charge in [-0.1, -0.05) is 5.21 Å². The number of fused-ring (bicyclic) bond motifs is 1. The molecule has 0 radical (unpaired) electrons. The summed E-state index contributed by atoms with van der Waals surface area (Å²) in [4.78, 5) is 23.1. The Balaban J connectivity index is 1.48. The Morgan fingerprint density at radius 3 is 2.57 bits per heavy atom. The van der Waals surface area contributed by atoms with Gasteiger partial charge in [-0.05, 0) is 31.0 Å². The zero-order chi connectivity index (χ0) is 15.6. The Bertz CT molecular complexity index is 823. The van der Waals surface area contributed by atoms with Gasteiger partial charge in [-0.2, -0.15) is 0 Å². The lowest BCUT2D eigenvalue weighted by atomic mass is 10.0. The van der Waals surface area contributed by atoms with E-state index < -0.39 is 0 Å². The Hall–Kier alpha value is -2.83. The van der Waals surface area contributed by atoms with Crippen LogP contribution in [0.4, 0.5) is 0 Å². The van der Waals surface area contributed by atoms with Gasteiger partial charge in [0.25, 0.3) is 5.91 Å². The highest BCUT2D eigenvalue weighted by Gasteiger charge is 2.25. The topological polar surface area (TPSA) is 76.8 Å². The first-order valence-corrected chi connectivity index (χ1v) is 7.67. The SMILES string of the molecule is O=C(c1ccc2nccnc2c1)N1CCC(n2ccnn2)CC1. The van der Waals surface area contributed by atoms with E-state index in [1.807, 2.05) is 34.0 Å². The van der Waals surface area contributed by atoms with Crippen LogP contribution < -0.4 is 0 Å². The average molecular weight is 308 g/mol. The fourth-order valence-corrected chi connectivity index (χ4v) is 3.02. The monoisotopic (exact) mass is 308 g/mol. The average Bonchev–Trinajstić information content (AvgIpc) is 3.15. The van der Waals surface area contributed by atoms with E-state index in [0.29, 0.717) is 11.6 Å². The number of hydrogen-bond acceptors (Lipinski definition) is 5. The second kappa shape index (κ2) is 5.75. The molecule has 1 fully saturated rings. The number of hydrogen-bond donors (Lipinski definition) is 0. The maximum atomic E-state index is 12.7. The molecule has 0 saturated carbocycles. The van der Waals surface area contributed by atoms with Crippen molar-refractivity contribution in [2.45, 2.75) is 18.9 Å². The molecule has 2 aromatic heterocycles. The Kier molecular flexibility index (Phi) is 3.45. The van der Waals surface area contributed by atoms with Crippen LogP contribution >= 0.6 is 0 Å². The molecule has 0 atom stereocenters. The molecule has 23 heavy (non-hydrogen) atoms. The van der Waals surface area contributed by atoms with Gasteiger partial charge >= 0.3 is 0 Å². The molecular weight excluding hydrogens is 292 g/mol. The van der Waals surface area contributed by atoms with Crippen molar-refractivity contribution < 1.29 is 4.79 Å². The maximum Gasteiger partial charge on any atom is 0.253 e. The molecule has 0 spiro atoms. The Labute approximate surface area is 133 Å². The van der Waals surface area contributed by atoms with Gasteiger partial charge in [0, 0.05) is 37.2 Å². The fraction of sp³-hybridized carbons (Fsp3) is 0.312. The second-order valence-electron chi connectivity index (χ2n) is 5.67. The van der Waals surface area contributed by atoms with Gasteiger partial charge in [-0.15, -0.1) is 5.10 Å². The summed E-state index contributed by atoms with van der Waals surface area (Å²) in [5, 5.41) is 7.90. The van der Waals surface area contributed by atoms with Crippen LogP contribution in [0.25, 0.3) is 11.0 Å². The number of carbonyl (C=O) groups is 1. The van der Waals surface area contributed by atoms with Crippen LogP contribution in [0.15, 0.2) is 43.0 Å². The minimum Gasteiger partial charge on any atom is -0.338 e. The van der Waals surface area contributed by atoms with Gasteiger partial charge in [0.2, 0.25) is 0 Å². The molecule has 3 heterocycles. The van der Waals surface area contributed by atoms with Gasteiger partial charge in [-0.3, -0.25) is 14.8 Å². The highest BCUT2D eigenvalue weighted by atomic mass is 16.2. The van der Waals surface area contributed by atoms with Crippen molar-refractivity contribution in [2.24, 2.45) is 0 Å². The van der Waals surface area contributed by atoms with Crippen LogP contribution in [0.3, 0.4) is 0 Å². The molecule has 1 aromatic carbocycles. The summed E-state index contributed by atoms with van der Waals surface area (Å²) >= 11 is 0. The van der Waals surface area contributed by atoms with Crippen LogP contribution in [0, 0.1) is 0 Å². The first-order chi connectivity index (χ1) is 11.3. The van der Waals surface area contributed by atoms with Gasteiger partial charge in [0.1, 0.15) is 0 Å². The first-order valence-electron chi connectivity index (χ1n) is 7.67.